The number of H-pyrrole nitrogens is 1. The van der Waals surface area contributed by atoms with Crippen LogP contribution in [0.15, 0.2) is 60.8 Å². The van der Waals surface area contributed by atoms with Gasteiger partial charge in [0, 0.05) is 48.2 Å². The quantitative estimate of drug-likeness (QED) is 0.586. The molecule has 0 bridgehead atoms. The van der Waals surface area contributed by atoms with Crippen LogP contribution in [0.25, 0.3) is 16.5 Å². The molecule has 0 saturated carbocycles. The molecule has 0 saturated heterocycles. The van der Waals surface area contributed by atoms with Gasteiger partial charge in [0.05, 0.1) is 6.61 Å². The summed E-state index contributed by atoms with van der Waals surface area (Å²) >= 11 is 1.97. The van der Waals surface area contributed by atoms with Crippen molar-refractivity contribution in [3.05, 3.63) is 77.5 Å². The summed E-state index contributed by atoms with van der Waals surface area (Å²) in [4.78, 5) is 5.87. The minimum absolute atomic E-state index is 0.0940. The molecule has 0 atom stereocenters. The van der Waals surface area contributed by atoms with Crippen LogP contribution in [0, 0.1) is 0 Å². The normalized spacial score (nSPS) is 15.2. The van der Waals surface area contributed by atoms with E-state index < -0.39 is 0 Å². The minimum Gasteiger partial charge on any atom is -0.392 e. The topological polar surface area (TPSA) is 39.3 Å². The largest absolute Gasteiger partial charge is 0.392 e. The number of aliphatic hydroxyl groups is 1. The summed E-state index contributed by atoms with van der Waals surface area (Å²) in [7, 11) is 0. The maximum atomic E-state index is 9.59. The van der Waals surface area contributed by atoms with Crippen LogP contribution in [-0.2, 0) is 12.4 Å². The van der Waals surface area contributed by atoms with Crippen LogP contribution in [-0.4, -0.2) is 40.4 Å². The van der Waals surface area contributed by atoms with Crippen molar-refractivity contribution in [3.8, 4) is 0 Å². The van der Waals surface area contributed by atoms with Crippen LogP contribution in [0.5, 0.6) is 0 Å². The number of nitrogens with zero attached hydrogens (tertiary/aromatic N) is 1. The molecule has 0 aliphatic carbocycles. The zero-order valence-electron chi connectivity index (χ0n) is 15.5. The van der Waals surface area contributed by atoms with Crippen molar-refractivity contribution < 1.29 is 5.11 Å². The average Bonchev–Trinajstić information content (AvgIpc) is 3.15. The number of aromatic nitrogens is 1. The van der Waals surface area contributed by atoms with Crippen LogP contribution in [0.1, 0.15) is 23.1 Å². The number of nitrogens with one attached hydrogen (secondary N) is 1. The Bertz CT molecular complexity index is 917. The molecule has 1 aliphatic heterocycles. The molecule has 140 valence electrons. The number of benzene rings is 2. The van der Waals surface area contributed by atoms with Gasteiger partial charge in [-0.15, -0.1) is 0 Å². The summed E-state index contributed by atoms with van der Waals surface area (Å²) in [6.07, 6.45) is 5.61. The third-order valence-electron chi connectivity index (χ3n) is 5.29. The average molecular weight is 379 g/mol. The molecule has 4 heteroatoms. The Morgan fingerprint density at radius 1 is 1.04 bits per heavy atom. The number of fused-ring (bicyclic) bond motifs is 1. The molecule has 3 nitrogen and oxygen atoms in total. The molecule has 2 aromatic carbocycles. The Hall–Kier alpha value is -2.01. The minimum atomic E-state index is 0.0940. The van der Waals surface area contributed by atoms with Crippen molar-refractivity contribution in [2.45, 2.75) is 18.8 Å². The summed E-state index contributed by atoms with van der Waals surface area (Å²) in [6, 6.07) is 16.8. The summed E-state index contributed by atoms with van der Waals surface area (Å²) in [5.41, 5.74) is 6.27. The molecule has 1 aromatic heterocycles. The number of aliphatic hydroxyl groups excluding tert-OH is 1. The number of hydrogen-bond donors (Lipinski definition) is 2. The van der Waals surface area contributed by atoms with Gasteiger partial charge < -0.3 is 10.1 Å². The van der Waals surface area contributed by atoms with Gasteiger partial charge in [0.2, 0.25) is 0 Å². The van der Waals surface area contributed by atoms with E-state index in [2.05, 4.69) is 58.6 Å². The summed E-state index contributed by atoms with van der Waals surface area (Å²) in [5.74, 6) is 2.11. The molecule has 4 rings (SSSR count). The molecule has 2 N–H and O–H groups in total. The van der Waals surface area contributed by atoms with Crippen molar-refractivity contribution in [3.63, 3.8) is 0 Å². The predicted molar refractivity (Wildman–Crippen MR) is 116 cm³/mol. The van der Waals surface area contributed by atoms with E-state index in [1.54, 1.807) is 0 Å². The SMILES string of the molecule is OCc1cccc2[nH]cc(CSCCN3CC=C(c4ccccc4)CC3)c12. The monoisotopic (exact) mass is 378 g/mol. The Balaban J connectivity index is 1.27. The van der Waals surface area contributed by atoms with Crippen molar-refractivity contribution in [2.24, 2.45) is 0 Å². The zero-order valence-corrected chi connectivity index (χ0v) is 16.3. The number of rotatable bonds is 7. The van der Waals surface area contributed by atoms with Gasteiger partial charge in [-0.3, -0.25) is 4.90 Å². The summed E-state index contributed by atoms with van der Waals surface area (Å²) in [6.45, 7) is 3.41. The lowest BCUT2D eigenvalue weighted by Crippen LogP contribution is -2.30. The van der Waals surface area contributed by atoms with E-state index in [0.717, 1.165) is 48.6 Å². The van der Waals surface area contributed by atoms with Crippen LogP contribution < -0.4 is 0 Å². The smallest absolute Gasteiger partial charge is 0.0688 e. The molecule has 2 heterocycles. The summed E-state index contributed by atoms with van der Waals surface area (Å²) in [5, 5.41) is 10.8. The molecular formula is C23H26N2OS. The lowest BCUT2D eigenvalue weighted by molar-refractivity contribution is 0.283. The summed E-state index contributed by atoms with van der Waals surface area (Å²) < 4.78 is 0. The molecular weight excluding hydrogens is 352 g/mol. The fraction of sp³-hybridized carbons (Fsp3) is 0.304. The maximum absolute atomic E-state index is 9.59. The third kappa shape index (κ3) is 4.29. The first kappa shape index (κ1) is 18.4. The van der Waals surface area contributed by atoms with Gasteiger partial charge in [-0.1, -0.05) is 48.5 Å². The van der Waals surface area contributed by atoms with Gasteiger partial charge in [-0.25, -0.2) is 0 Å². The van der Waals surface area contributed by atoms with E-state index in [-0.39, 0.29) is 6.61 Å². The van der Waals surface area contributed by atoms with Gasteiger partial charge in [0.1, 0.15) is 0 Å². The fourth-order valence-corrected chi connectivity index (χ4v) is 4.77. The van der Waals surface area contributed by atoms with Crippen molar-refractivity contribution in [2.75, 3.05) is 25.4 Å². The van der Waals surface area contributed by atoms with Crippen LogP contribution in [0.2, 0.25) is 0 Å². The standard InChI is InChI=1S/C23H26N2OS/c26-16-20-7-4-8-22-23(20)21(15-24-22)17-27-14-13-25-11-9-19(10-12-25)18-5-2-1-3-6-18/h1-9,15,24,26H,10-14,16-17H2. The van der Waals surface area contributed by atoms with Crippen LogP contribution in [0.4, 0.5) is 0 Å². The first-order chi connectivity index (χ1) is 13.3. The fourth-order valence-electron chi connectivity index (χ4n) is 3.79. The van der Waals surface area contributed by atoms with Gasteiger partial charge in [0.25, 0.3) is 0 Å². The molecule has 3 aromatic rings. The molecule has 0 fully saturated rings. The van der Waals surface area contributed by atoms with E-state index in [4.69, 9.17) is 0 Å². The van der Waals surface area contributed by atoms with Gasteiger partial charge in [-0.2, -0.15) is 11.8 Å². The lowest BCUT2D eigenvalue weighted by Gasteiger charge is -2.26. The van der Waals surface area contributed by atoms with E-state index in [1.807, 2.05) is 23.9 Å². The van der Waals surface area contributed by atoms with Gasteiger partial charge in [-0.05, 0) is 34.8 Å². The van der Waals surface area contributed by atoms with Gasteiger partial charge >= 0.3 is 0 Å². The molecule has 0 unspecified atom stereocenters. The second kappa shape index (κ2) is 8.79. The zero-order chi connectivity index (χ0) is 18.5. The molecule has 27 heavy (non-hydrogen) atoms. The lowest BCUT2D eigenvalue weighted by atomic mass is 10.00. The van der Waals surface area contributed by atoms with Gasteiger partial charge in [0.15, 0.2) is 0 Å². The highest BCUT2D eigenvalue weighted by Crippen LogP contribution is 2.27. The second-order valence-electron chi connectivity index (χ2n) is 7.01. The molecule has 1 aliphatic rings. The van der Waals surface area contributed by atoms with E-state index in [1.165, 1.54) is 22.1 Å². The number of aromatic amines is 1. The van der Waals surface area contributed by atoms with Crippen molar-refractivity contribution >= 4 is 28.2 Å². The number of thioether (sulfide) groups is 1. The van der Waals surface area contributed by atoms with Crippen LogP contribution >= 0.6 is 11.8 Å². The number of hydrogen-bond acceptors (Lipinski definition) is 3. The highest BCUT2D eigenvalue weighted by atomic mass is 32.2. The maximum Gasteiger partial charge on any atom is 0.0688 e. The predicted octanol–water partition coefficient (Wildman–Crippen LogP) is 4.68. The Morgan fingerprint density at radius 3 is 2.70 bits per heavy atom. The Labute approximate surface area is 165 Å². The third-order valence-corrected chi connectivity index (χ3v) is 6.28. The van der Waals surface area contributed by atoms with Crippen LogP contribution in [0.3, 0.4) is 0 Å². The Morgan fingerprint density at radius 2 is 1.93 bits per heavy atom. The van der Waals surface area contributed by atoms with E-state index in [0.29, 0.717) is 0 Å². The van der Waals surface area contributed by atoms with E-state index >= 15 is 0 Å². The molecule has 0 spiro atoms. The second-order valence-corrected chi connectivity index (χ2v) is 8.12. The molecule has 0 radical (unpaired) electrons. The highest BCUT2D eigenvalue weighted by Gasteiger charge is 2.13. The first-order valence-electron chi connectivity index (χ1n) is 9.58. The highest BCUT2D eigenvalue weighted by molar-refractivity contribution is 7.98. The first-order valence-corrected chi connectivity index (χ1v) is 10.7. The molecule has 0 amide bonds. The van der Waals surface area contributed by atoms with E-state index in [9.17, 15) is 5.11 Å². The Kier molecular flexibility index (Phi) is 5.97. The van der Waals surface area contributed by atoms with Crippen molar-refractivity contribution in [1.29, 1.82) is 0 Å². The van der Waals surface area contributed by atoms with Crippen molar-refractivity contribution in [1.82, 2.24) is 9.88 Å².